The molecule has 0 atom stereocenters. The van der Waals surface area contributed by atoms with Crippen molar-refractivity contribution in [3.05, 3.63) is 199 Å². The Morgan fingerprint density at radius 1 is 0.467 bits per heavy atom. The molecule has 0 radical (unpaired) electrons. The van der Waals surface area contributed by atoms with Gasteiger partial charge in [-0.05, 0) is 105 Å². The molecule has 0 amide bonds. The van der Waals surface area contributed by atoms with E-state index < -0.39 is 0 Å². The van der Waals surface area contributed by atoms with Crippen LogP contribution in [0, 0.1) is 0 Å². The molecule has 1 aliphatic carbocycles. The Hall–Kier alpha value is -7.50. The van der Waals surface area contributed by atoms with Gasteiger partial charge in [-0.2, -0.15) is 0 Å². The smallest absolute Gasteiger partial charge is 0.260 e. The van der Waals surface area contributed by atoms with Gasteiger partial charge in [0.2, 0.25) is 0 Å². The minimum atomic E-state index is -0.267. The maximum atomic E-state index is 6.92. The van der Waals surface area contributed by atoms with Gasteiger partial charge in [-0.1, -0.05) is 129 Å². The summed E-state index contributed by atoms with van der Waals surface area (Å²) in [6, 6.07) is 67.9. The third-order valence-corrected chi connectivity index (χ3v) is 13.3. The van der Waals surface area contributed by atoms with Crippen molar-refractivity contribution in [2.75, 3.05) is 4.90 Å². The maximum Gasteiger partial charge on any atom is 0.260 e. The van der Waals surface area contributed by atoms with Crippen molar-refractivity contribution in [2.45, 2.75) is 19.3 Å². The van der Waals surface area contributed by atoms with Crippen molar-refractivity contribution >= 4 is 72.7 Å². The first-order valence-electron chi connectivity index (χ1n) is 20.8. The first kappa shape index (κ1) is 33.5. The summed E-state index contributed by atoms with van der Waals surface area (Å²) in [5, 5.41) is 4.88. The Kier molecular flexibility index (Phi) is 6.84. The summed E-state index contributed by atoms with van der Waals surface area (Å²) >= 11 is 0. The lowest BCUT2D eigenvalue weighted by Crippen LogP contribution is -2.57. The van der Waals surface area contributed by atoms with Crippen LogP contribution in [0.1, 0.15) is 25.0 Å². The molecular weight excluding hydrogens is 731 g/mol. The molecule has 0 saturated heterocycles. The number of hydrogen-bond donors (Lipinski definition) is 0. The monoisotopic (exact) mass is 768 g/mol. The first-order chi connectivity index (χ1) is 29.5. The number of ether oxygens (including phenoxy) is 2. The Labute approximate surface area is 348 Å². The highest BCUT2D eigenvalue weighted by atomic mass is 16.5. The Morgan fingerprint density at radius 2 is 1.10 bits per heavy atom. The molecule has 3 heterocycles. The molecule has 0 unspecified atom stereocenters. The quantitative estimate of drug-likeness (QED) is 0.167. The second kappa shape index (κ2) is 12.3. The second-order valence-corrected chi connectivity index (χ2v) is 16.9. The topological polar surface area (TPSA) is 26.6 Å². The van der Waals surface area contributed by atoms with Crippen LogP contribution in [0.3, 0.4) is 0 Å². The Bertz CT molecular complexity index is 3370. The van der Waals surface area contributed by atoms with Gasteiger partial charge in [0, 0.05) is 55.9 Å². The van der Waals surface area contributed by atoms with E-state index >= 15 is 0 Å². The highest BCUT2D eigenvalue weighted by Gasteiger charge is 2.44. The van der Waals surface area contributed by atoms with E-state index in [0.29, 0.717) is 0 Å². The molecule has 5 heteroatoms. The number of nitrogens with zero attached hydrogens (tertiary/aromatic N) is 2. The number of benzene rings is 9. The number of anilines is 3. The largest absolute Gasteiger partial charge is 0.458 e. The molecule has 3 aliphatic rings. The van der Waals surface area contributed by atoms with E-state index in [1.807, 2.05) is 6.07 Å². The number of aromatic nitrogens is 1. The van der Waals surface area contributed by atoms with E-state index in [-0.39, 0.29) is 12.1 Å². The summed E-state index contributed by atoms with van der Waals surface area (Å²) in [6.45, 7) is 4.67. The summed E-state index contributed by atoms with van der Waals surface area (Å²) < 4.78 is 16.2. The molecule has 13 rings (SSSR count). The summed E-state index contributed by atoms with van der Waals surface area (Å²) in [7, 11) is 0. The predicted molar refractivity (Wildman–Crippen MR) is 248 cm³/mol. The van der Waals surface area contributed by atoms with Gasteiger partial charge in [-0.3, -0.25) is 0 Å². The first-order valence-corrected chi connectivity index (χ1v) is 20.8. The Balaban J connectivity index is 1.01. The molecule has 0 bridgehead atoms. The lowest BCUT2D eigenvalue weighted by molar-refractivity contribution is 0.464. The van der Waals surface area contributed by atoms with E-state index in [4.69, 9.17) is 9.47 Å². The number of para-hydroxylation sites is 3. The summed E-state index contributed by atoms with van der Waals surface area (Å²) in [5.74, 6) is 3.47. The van der Waals surface area contributed by atoms with Crippen LogP contribution in [0.5, 0.6) is 23.0 Å². The van der Waals surface area contributed by atoms with Crippen LogP contribution < -0.4 is 30.8 Å². The van der Waals surface area contributed by atoms with Gasteiger partial charge in [0.15, 0.2) is 0 Å². The van der Waals surface area contributed by atoms with Gasteiger partial charge >= 0.3 is 0 Å². The van der Waals surface area contributed by atoms with Crippen molar-refractivity contribution in [2.24, 2.45) is 0 Å². The molecule has 9 aromatic carbocycles. The van der Waals surface area contributed by atoms with Crippen LogP contribution in [-0.2, 0) is 5.41 Å². The zero-order valence-corrected chi connectivity index (χ0v) is 33.2. The summed E-state index contributed by atoms with van der Waals surface area (Å²) in [5.41, 5.74) is 15.1. The lowest BCUT2D eigenvalue weighted by atomic mass is 9.34. The Morgan fingerprint density at radius 3 is 1.83 bits per heavy atom. The van der Waals surface area contributed by atoms with Crippen LogP contribution in [0.4, 0.5) is 17.1 Å². The third-order valence-electron chi connectivity index (χ3n) is 13.3. The standard InChI is InChI=1S/C55H37BN2O2/c1-55(2)44-29-38(57(35-16-6-3-7-17-35)36-18-8-4-9-19-36)26-28-40(44)42-31-51-47(32-45(42)55)56-46-30-43-41-27-25-34-15-12-13-22-39(34)54(41)58(37-20-10-5-11-21-37)48(43)33-52(46)60-50-24-14-23-49(59-51)53(50)56/h3-33H,1-2H3. The van der Waals surface area contributed by atoms with E-state index in [0.717, 1.165) is 62.2 Å². The minimum absolute atomic E-state index is 0.0734. The van der Waals surface area contributed by atoms with E-state index in [9.17, 15) is 0 Å². The molecule has 0 N–H and O–H groups in total. The van der Waals surface area contributed by atoms with Crippen LogP contribution in [0.25, 0.3) is 49.4 Å². The van der Waals surface area contributed by atoms with Gasteiger partial charge in [-0.15, -0.1) is 0 Å². The van der Waals surface area contributed by atoms with Gasteiger partial charge < -0.3 is 18.9 Å². The minimum Gasteiger partial charge on any atom is -0.458 e. The van der Waals surface area contributed by atoms with Gasteiger partial charge in [0.25, 0.3) is 6.71 Å². The molecule has 1 aromatic heterocycles. The van der Waals surface area contributed by atoms with Crippen molar-refractivity contribution in [3.8, 4) is 39.8 Å². The van der Waals surface area contributed by atoms with E-state index in [1.165, 1.54) is 54.8 Å². The van der Waals surface area contributed by atoms with Crippen molar-refractivity contribution < 1.29 is 9.47 Å². The highest BCUT2D eigenvalue weighted by Crippen LogP contribution is 2.52. The lowest BCUT2D eigenvalue weighted by Gasteiger charge is -2.34. The van der Waals surface area contributed by atoms with Crippen molar-refractivity contribution in [1.29, 1.82) is 0 Å². The van der Waals surface area contributed by atoms with Gasteiger partial charge in [-0.25, -0.2) is 0 Å². The molecule has 0 fully saturated rings. The fourth-order valence-electron chi connectivity index (χ4n) is 10.5. The van der Waals surface area contributed by atoms with E-state index in [1.54, 1.807) is 0 Å². The highest BCUT2D eigenvalue weighted by molar-refractivity contribution is 6.98. The van der Waals surface area contributed by atoms with Crippen LogP contribution in [-0.4, -0.2) is 11.3 Å². The fraction of sp³-hybridized carbons (Fsp3) is 0.0545. The van der Waals surface area contributed by atoms with E-state index in [2.05, 4.69) is 205 Å². The summed E-state index contributed by atoms with van der Waals surface area (Å²) in [4.78, 5) is 2.35. The molecule has 0 spiro atoms. The molecule has 0 saturated carbocycles. The van der Waals surface area contributed by atoms with Crippen LogP contribution in [0.15, 0.2) is 188 Å². The molecule has 282 valence electrons. The molecule has 10 aromatic rings. The molecule has 60 heavy (non-hydrogen) atoms. The van der Waals surface area contributed by atoms with Crippen molar-refractivity contribution in [1.82, 2.24) is 4.57 Å². The zero-order chi connectivity index (χ0) is 39.7. The number of hydrogen-bond acceptors (Lipinski definition) is 3. The van der Waals surface area contributed by atoms with Crippen molar-refractivity contribution in [3.63, 3.8) is 0 Å². The SMILES string of the molecule is CC1(C)c2cc(N(c3ccccc3)c3ccccc3)ccc2-c2cc3c(cc21)B1c2cc4c5ccc6ccccc6c5n(-c5ccccc5)c4cc2Oc2cccc(c21)O3. The summed E-state index contributed by atoms with van der Waals surface area (Å²) in [6.07, 6.45) is 0. The number of rotatable bonds is 4. The average molecular weight is 769 g/mol. The molecule has 2 aliphatic heterocycles. The van der Waals surface area contributed by atoms with Crippen LogP contribution >= 0.6 is 0 Å². The molecule has 4 nitrogen and oxygen atoms in total. The fourth-order valence-corrected chi connectivity index (χ4v) is 10.5. The normalized spacial score (nSPS) is 13.9. The zero-order valence-electron chi connectivity index (χ0n) is 33.2. The van der Waals surface area contributed by atoms with Gasteiger partial charge in [0.05, 0.1) is 11.0 Å². The average Bonchev–Trinajstić information content (AvgIpc) is 3.73. The molecular formula is C55H37BN2O2. The third kappa shape index (κ3) is 4.63. The van der Waals surface area contributed by atoms with Gasteiger partial charge in [0.1, 0.15) is 23.0 Å². The van der Waals surface area contributed by atoms with Crippen LogP contribution in [0.2, 0.25) is 0 Å². The second-order valence-electron chi connectivity index (χ2n) is 16.9. The predicted octanol–water partition coefficient (Wildman–Crippen LogP) is 12.4. The maximum absolute atomic E-state index is 6.92. The number of fused-ring (bicyclic) bond motifs is 12.